The van der Waals surface area contributed by atoms with E-state index in [2.05, 4.69) is 25.8 Å². The Labute approximate surface area is 113 Å². The predicted octanol–water partition coefficient (Wildman–Crippen LogP) is 1.69. The van der Waals surface area contributed by atoms with E-state index in [4.69, 9.17) is 5.73 Å². The lowest BCUT2D eigenvalue weighted by Gasteiger charge is -2.34. The predicted molar refractivity (Wildman–Crippen MR) is 77.5 cm³/mol. The molecule has 18 heavy (non-hydrogen) atoms. The summed E-state index contributed by atoms with van der Waals surface area (Å²) in [6.45, 7) is 10.5. The van der Waals surface area contributed by atoms with E-state index >= 15 is 0 Å². The van der Waals surface area contributed by atoms with Crippen LogP contribution in [-0.2, 0) is 4.79 Å². The van der Waals surface area contributed by atoms with Crippen molar-refractivity contribution in [3.63, 3.8) is 0 Å². The van der Waals surface area contributed by atoms with Gasteiger partial charge in [0, 0.05) is 38.1 Å². The molecule has 108 valence electrons. The van der Waals surface area contributed by atoms with Crippen LogP contribution in [0, 0.1) is 0 Å². The first-order chi connectivity index (χ1) is 8.55. The van der Waals surface area contributed by atoms with Gasteiger partial charge >= 0.3 is 0 Å². The molecule has 0 bridgehead atoms. The molecule has 0 saturated heterocycles. The van der Waals surface area contributed by atoms with Crippen molar-refractivity contribution in [2.75, 3.05) is 26.7 Å². The summed E-state index contributed by atoms with van der Waals surface area (Å²) in [5.74, 6) is 0.216. The van der Waals surface area contributed by atoms with Crippen LogP contribution in [0.3, 0.4) is 0 Å². The third-order valence-electron chi connectivity index (χ3n) is 3.89. The zero-order chi connectivity index (χ0) is 14.1. The highest BCUT2D eigenvalue weighted by Gasteiger charge is 2.23. The number of nitrogens with zero attached hydrogens (tertiary/aromatic N) is 2. The molecule has 0 spiro atoms. The van der Waals surface area contributed by atoms with Crippen LogP contribution in [0.2, 0.25) is 0 Å². The van der Waals surface area contributed by atoms with Crippen LogP contribution in [0.5, 0.6) is 0 Å². The molecule has 0 aliphatic carbocycles. The second kappa shape index (κ2) is 9.34. The quantitative estimate of drug-likeness (QED) is 0.684. The molecule has 1 amide bonds. The first-order valence-electron chi connectivity index (χ1n) is 7.25. The maximum atomic E-state index is 12.1. The number of carbonyl (C=O) groups is 1. The summed E-state index contributed by atoms with van der Waals surface area (Å²) < 4.78 is 0. The van der Waals surface area contributed by atoms with Gasteiger partial charge in [-0.05, 0) is 33.7 Å². The Morgan fingerprint density at radius 3 is 1.89 bits per heavy atom. The molecule has 0 saturated carbocycles. The molecule has 0 fully saturated rings. The maximum absolute atomic E-state index is 12.1. The number of nitrogens with two attached hydrogens (primary N) is 1. The SMILES string of the molecule is CCC(CC)N(C)C(CN)CC(=O)N(CC)CC. The molecular weight excluding hydrogens is 226 g/mol. The molecule has 0 rings (SSSR count). The fraction of sp³-hybridized carbons (Fsp3) is 0.929. The Morgan fingerprint density at radius 2 is 1.56 bits per heavy atom. The molecule has 0 aromatic rings. The zero-order valence-electron chi connectivity index (χ0n) is 12.8. The lowest BCUT2D eigenvalue weighted by molar-refractivity contribution is -0.132. The van der Waals surface area contributed by atoms with Gasteiger partial charge < -0.3 is 10.6 Å². The number of hydrogen-bond donors (Lipinski definition) is 1. The van der Waals surface area contributed by atoms with Crippen LogP contribution in [-0.4, -0.2) is 54.5 Å². The van der Waals surface area contributed by atoms with Crippen molar-refractivity contribution in [3.8, 4) is 0 Å². The molecule has 0 aliphatic rings. The lowest BCUT2D eigenvalue weighted by Crippen LogP contribution is -2.47. The van der Waals surface area contributed by atoms with E-state index in [0.717, 1.165) is 25.9 Å². The fourth-order valence-corrected chi connectivity index (χ4v) is 2.46. The van der Waals surface area contributed by atoms with Crippen LogP contribution in [0.15, 0.2) is 0 Å². The highest BCUT2D eigenvalue weighted by atomic mass is 16.2. The van der Waals surface area contributed by atoms with E-state index in [0.29, 0.717) is 19.0 Å². The van der Waals surface area contributed by atoms with Gasteiger partial charge in [-0.15, -0.1) is 0 Å². The molecule has 0 aromatic heterocycles. The van der Waals surface area contributed by atoms with Crippen LogP contribution >= 0.6 is 0 Å². The first-order valence-corrected chi connectivity index (χ1v) is 7.25. The van der Waals surface area contributed by atoms with Gasteiger partial charge in [-0.25, -0.2) is 0 Å². The summed E-state index contributed by atoms with van der Waals surface area (Å²) in [7, 11) is 2.09. The lowest BCUT2D eigenvalue weighted by atomic mass is 10.1. The number of carbonyl (C=O) groups excluding carboxylic acids is 1. The number of likely N-dealkylation sites (N-methyl/N-ethyl adjacent to an activating group) is 1. The van der Waals surface area contributed by atoms with Crippen LogP contribution in [0.4, 0.5) is 0 Å². The standard InChI is InChI=1S/C14H31N3O/c1-6-12(7-2)16(5)13(11-15)10-14(18)17(8-3)9-4/h12-13H,6-11,15H2,1-5H3. The molecule has 0 radical (unpaired) electrons. The van der Waals surface area contributed by atoms with Crippen molar-refractivity contribution in [2.45, 2.75) is 59.0 Å². The normalized spacial score (nSPS) is 13.1. The van der Waals surface area contributed by atoms with Crippen molar-refractivity contribution in [2.24, 2.45) is 5.73 Å². The molecular formula is C14H31N3O. The second-order valence-electron chi connectivity index (χ2n) is 4.80. The summed E-state index contributed by atoms with van der Waals surface area (Å²) in [5, 5.41) is 0. The van der Waals surface area contributed by atoms with Gasteiger partial charge in [0.25, 0.3) is 0 Å². The van der Waals surface area contributed by atoms with Crippen molar-refractivity contribution in [1.29, 1.82) is 0 Å². The monoisotopic (exact) mass is 257 g/mol. The van der Waals surface area contributed by atoms with Gasteiger partial charge in [-0.3, -0.25) is 9.69 Å². The van der Waals surface area contributed by atoms with Gasteiger partial charge in [0.15, 0.2) is 0 Å². The summed E-state index contributed by atoms with van der Waals surface area (Å²) >= 11 is 0. The highest BCUT2D eigenvalue weighted by Crippen LogP contribution is 2.13. The minimum Gasteiger partial charge on any atom is -0.343 e. The van der Waals surface area contributed by atoms with E-state index in [1.807, 2.05) is 18.7 Å². The maximum Gasteiger partial charge on any atom is 0.224 e. The second-order valence-corrected chi connectivity index (χ2v) is 4.80. The molecule has 0 aromatic carbocycles. The van der Waals surface area contributed by atoms with Gasteiger partial charge in [-0.2, -0.15) is 0 Å². The molecule has 0 aliphatic heterocycles. The Hall–Kier alpha value is -0.610. The topological polar surface area (TPSA) is 49.6 Å². The smallest absolute Gasteiger partial charge is 0.224 e. The van der Waals surface area contributed by atoms with Gasteiger partial charge in [0.1, 0.15) is 0 Å². The number of amides is 1. The Morgan fingerprint density at radius 1 is 1.06 bits per heavy atom. The minimum atomic E-state index is 0.156. The summed E-state index contributed by atoms with van der Waals surface area (Å²) in [6, 6.07) is 0.672. The molecule has 4 nitrogen and oxygen atoms in total. The van der Waals surface area contributed by atoms with E-state index in [1.165, 1.54) is 0 Å². The van der Waals surface area contributed by atoms with E-state index in [9.17, 15) is 4.79 Å². The average Bonchev–Trinajstić information content (AvgIpc) is 2.38. The summed E-state index contributed by atoms with van der Waals surface area (Å²) in [6.07, 6.45) is 2.73. The van der Waals surface area contributed by atoms with E-state index in [-0.39, 0.29) is 11.9 Å². The molecule has 1 atom stereocenters. The molecule has 2 N–H and O–H groups in total. The third kappa shape index (κ3) is 4.94. The Balaban J connectivity index is 4.54. The summed E-state index contributed by atoms with van der Waals surface area (Å²) in [4.78, 5) is 16.3. The van der Waals surface area contributed by atoms with E-state index in [1.54, 1.807) is 0 Å². The number of rotatable bonds is 9. The van der Waals surface area contributed by atoms with Gasteiger partial charge in [0.2, 0.25) is 5.91 Å². The highest BCUT2D eigenvalue weighted by molar-refractivity contribution is 5.76. The largest absolute Gasteiger partial charge is 0.343 e. The van der Waals surface area contributed by atoms with Crippen molar-refractivity contribution in [1.82, 2.24) is 9.80 Å². The molecule has 4 heteroatoms. The Bertz CT molecular complexity index is 225. The Kier molecular flexibility index (Phi) is 9.02. The minimum absolute atomic E-state index is 0.156. The fourth-order valence-electron chi connectivity index (χ4n) is 2.46. The van der Waals surface area contributed by atoms with Gasteiger partial charge in [0.05, 0.1) is 0 Å². The molecule has 0 heterocycles. The van der Waals surface area contributed by atoms with Crippen molar-refractivity contribution < 1.29 is 4.79 Å². The number of hydrogen-bond acceptors (Lipinski definition) is 3. The van der Waals surface area contributed by atoms with E-state index < -0.39 is 0 Å². The first kappa shape index (κ1) is 17.4. The average molecular weight is 257 g/mol. The van der Waals surface area contributed by atoms with Crippen LogP contribution in [0.25, 0.3) is 0 Å². The zero-order valence-corrected chi connectivity index (χ0v) is 12.8. The molecule has 1 unspecified atom stereocenters. The summed E-state index contributed by atoms with van der Waals surface area (Å²) in [5.41, 5.74) is 5.84. The van der Waals surface area contributed by atoms with Crippen LogP contribution in [0.1, 0.15) is 47.0 Å². The van der Waals surface area contributed by atoms with Crippen LogP contribution < -0.4 is 5.73 Å². The van der Waals surface area contributed by atoms with Crippen molar-refractivity contribution >= 4 is 5.91 Å². The third-order valence-corrected chi connectivity index (χ3v) is 3.89. The van der Waals surface area contributed by atoms with Crippen molar-refractivity contribution in [3.05, 3.63) is 0 Å². The van der Waals surface area contributed by atoms with Gasteiger partial charge in [-0.1, -0.05) is 13.8 Å².